The van der Waals surface area contributed by atoms with Crippen molar-refractivity contribution in [2.24, 2.45) is 11.8 Å². The molecule has 1 aliphatic rings. The van der Waals surface area contributed by atoms with Gasteiger partial charge in [-0.05, 0) is 18.8 Å². The number of aliphatic hydroxyl groups is 1. The lowest BCUT2D eigenvalue weighted by molar-refractivity contribution is 0.101. The maximum absolute atomic E-state index is 8.80. The monoisotopic (exact) mass is 187 g/mol. The molecule has 0 bridgehead atoms. The number of aliphatic hydroxyl groups excluding tert-OH is 1. The van der Waals surface area contributed by atoms with Gasteiger partial charge in [-0.3, -0.25) is 0 Å². The first-order chi connectivity index (χ1) is 6.27. The molecule has 1 saturated heterocycles. The summed E-state index contributed by atoms with van der Waals surface area (Å²) in [6.07, 6.45) is 0. The molecule has 0 spiro atoms. The highest BCUT2D eigenvalue weighted by molar-refractivity contribution is 4.80. The van der Waals surface area contributed by atoms with Crippen LogP contribution in [0.5, 0.6) is 0 Å². The molecule has 0 aromatic heterocycles. The predicted molar refractivity (Wildman–Crippen MR) is 52.7 cm³/mol. The molecule has 1 aliphatic heterocycles. The van der Waals surface area contributed by atoms with Gasteiger partial charge < -0.3 is 14.7 Å². The van der Waals surface area contributed by atoms with E-state index in [1.807, 2.05) is 6.92 Å². The van der Waals surface area contributed by atoms with Gasteiger partial charge in [0.05, 0.1) is 13.2 Å². The van der Waals surface area contributed by atoms with Crippen LogP contribution in [0.1, 0.15) is 13.8 Å². The lowest BCUT2D eigenvalue weighted by Gasteiger charge is -2.14. The van der Waals surface area contributed by atoms with E-state index in [0.717, 1.165) is 32.8 Å². The Morgan fingerprint density at radius 1 is 1.46 bits per heavy atom. The number of ether oxygens (including phenoxy) is 1. The van der Waals surface area contributed by atoms with Gasteiger partial charge in [0.25, 0.3) is 0 Å². The quantitative estimate of drug-likeness (QED) is 0.683. The van der Waals surface area contributed by atoms with E-state index in [9.17, 15) is 0 Å². The van der Waals surface area contributed by atoms with E-state index < -0.39 is 0 Å². The lowest BCUT2D eigenvalue weighted by atomic mass is 9.99. The Labute approximate surface area is 80.7 Å². The van der Waals surface area contributed by atoms with Crippen LogP contribution in [0.3, 0.4) is 0 Å². The number of rotatable bonds is 5. The van der Waals surface area contributed by atoms with Crippen LogP contribution >= 0.6 is 0 Å². The van der Waals surface area contributed by atoms with Crippen LogP contribution in [0, 0.1) is 11.8 Å². The van der Waals surface area contributed by atoms with Gasteiger partial charge >= 0.3 is 0 Å². The van der Waals surface area contributed by atoms with Crippen molar-refractivity contribution in [3.8, 4) is 0 Å². The summed E-state index contributed by atoms with van der Waals surface area (Å²) in [5, 5.41) is 8.80. The second-order valence-corrected chi connectivity index (χ2v) is 3.88. The SMILES string of the molecule is CCOC[C@H]1CN(CCO)C[C@@H]1C. The predicted octanol–water partition coefficient (Wildman–Crippen LogP) is 0.583. The van der Waals surface area contributed by atoms with Crippen molar-refractivity contribution in [2.45, 2.75) is 13.8 Å². The normalized spacial score (nSPS) is 29.8. The second-order valence-electron chi connectivity index (χ2n) is 3.88. The van der Waals surface area contributed by atoms with Gasteiger partial charge in [0.2, 0.25) is 0 Å². The van der Waals surface area contributed by atoms with Crippen molar-refractivity contribution in [1.29, 1.82) is 0 Å². The highest BCUT2D eigenvalue weighted by Gasteiger charge is 2.28. The maximum atomic E-state index is 8.80. The summed E-state index contributed by atoms with van der Waals surface area (Å²) >= 11 is 0. The van der Waals surface area contributed by atoms with E-state index in [2.05, 4.69) is 11.8 Å². The first-order valence-corrected chi connectivity index (χ1v) is 5.18. The van der Waals surface area contributed by atoms with Crippen LogP contribution in [0.15, 0.2) is 0 Å². The number of hydrogen-bond acceptors (Lipinski definition) is 3. The molecule has 1 fully saturated rings. The standard InChI is InChI=1S/C10H21NO2/c1-3-13-8-10-7-11(4-5-12)6-9(10)2/h9-10,12H,3-8H2,1-2H3/t9-,10+/m0/s1. The molecule has 3 nitrogen and oxygen atoms in total. The average Bonchev–Trinajstić information content (AvgIpc) is 2.44. The topological polar surface area (TPSA) is 32.7 Å². The molecule has 1 heterocycles. The smallest absolute Gasteiger partial charge is 0.0558 e. The minimum Gasteiger partial charge on any atom is -0.395 e. The molecule has 1 rings (SSSR count). The van der Waals surface area contributed by atoms with Crippen LogP contribution in [0.25, 0.3) is 0 Å². The Hall–Kier alpha value is -0.120. The summed E-state index contributed by atoms with van der Waals surface area (Å²) in [6.45, 7) is 9.26. The van der Waals surface area contributed by atoms with E-state index in [1.165, 1.54) is 0 Å². The van der Waals surface area contributed by atoms with Crippen LogP contribution in [0.4, 0.5) is 0 Å². The molecule has 0 amide bonds. The van der Waals surface area contributed by atoms with Gasteiger partial charge in [0.15, 0.2) is 0 Å². The number of likely N-dealkylation sites (tertiary alicyclic amines) is 1. The Bertz CT molecular complexity index is 141. The Morgan fingerprint density at radius 2 is 2.23 bits per heavy atom. The van der Waals surface area contributed by atoms with Crippen molar-refractivity contribution in [1.82, 2.24) is 4.90 Å². The zero-order chi connectivity index (χ0) is 9.68. The molecule has 0 aromatic carbocycles. The van der Waals surface area contributed by atoms with Gasteiger partial charge in [0.1, 0.15) is 0 Å². The molecule has 0 unspecified atom stereocenters. The summed E-state index contributed by atoms with van der Waals surface area (Å²) in [6, 6.07) is 0. The fourth-order valence-electron chi connectivity index (χ4n) is 1.95. The zero-order valence-corrected chi connectivity index (χ0v) is 8.70. The van der Waals surface area contributed by atoms with E-state index in [4.69, 9.17) is 9.84 Å². The van der Waals surface area contributed by atoms with Crippen molar-refractivity contribution in [2.75, 3.05) is 39.5 Å². The summed E-state index contributed by atoms with van der Waals surface area (Å²) in [5.74, 6) is 1.37. The molecule has 2 atom stereocenters. The highest BCUT2D eigenvalue weighted by Crippen LogP contribution is 2.22. The number of hydrogen-bond donors (Lipinski definition) is 1. The van der Waals surface area contributed by atoms with Crippen molar-refractivity contribution in [3.63, 3.8) is 0 Å². The Balaban J connectivity index is 2.24. The van der Waals surface area contributed by atoms with E-state index in [0.29, 0.717) is 11.8 Å². The molecule has 78 valence electrons. The summed E-state index contributed by atoms with van der Waals surface area (Å²) in [7, 11) is 0. The van der Waals surface area contributed by atoms with Gasteiger partial charge in [-0.15, -0.1) is 0 Å². The van der Waals surface area contributed by atoms with Gasteiger partial charge in [0, 0.05) is 26.2 Å². The average molecular weight is 187 g/mol. The highest BCUT2D eigenvalue weighted by atomic mass is 16.5. The molecule has 0 aliphatic carbocycles. The third-order valence-electron chi connectivity index (χ3n) is 2.80. The number of β-amino-alcohol motifs (C(OH)–C–C–N with tert-alkyl or cyclic N) is 1. The van der Waals surface area contributed by atoms with Crippen LogP contribution in [0.2, 0.25) is 0 Å². The second kappa shape index (κ2) is 5.58. The first-order valence-electron chi connectivity index (χ1n) is 5.18. The largest absolute Gasteiger partial charge is 0.395 e. The van der Waals surface area contributed by atoms with E-state index >= 15 is 0 Å². The van der Waals surface area contributed by atoms with E-state index in [-0.39, 0.29) is 6.61 Å². The fraction of sp³-hybridized carbons (Fsp3) is 1.00. The van der Waals surface area contributed by atoms with Gasteiger partial charge in [-0.1, -0.05) is 6.92 Å². The third-order valence-corrected chi connectivity index (χ3v) is 2.80. The van der Waals surface area contributed by atoms with Gasteiger partial charge in [-0.25, -0.2) is 0 Å². The third kappa shape index (κ3) is 3.25. The van der Waals surface area contributed by atoms with Crippen LogP contribution in [-0.4, -0.2) is 49.5 Å². The Kier molecular flexibility index (Phi) is 4.70. The molecule has 3 heteroatoms. The maximum Gasteiger partial charge on any atom is 0.0558 e. The summed E-state index contributed by atoms with van der Waals surface area (Å²) in [5.41, 5.74) is 0. The molecule has 0 saturated carbocycles. The molecule has 1 N–H and O–H groups in total. The minimum atomic E-state index is 0.272. The van der Waals surface area contributed by atoms with E-state index in [1.54, 1.807) is 0 Å². The molecule has 0 aromatic rings. The lowest BCUT2D eigenvalue weighted by Crippen LogP contribution is -2.25. The Morgan fingerprint density at radius 3 is 2.85 bits per heavy atom. The molecule has 0 radical (unpaired) electrons. The molecular formula is C10H21NO2. The van der Waals surface area contributed by atoms with Crippen molar-refractivity contribution >= 4 is 0 Å². The summed E-state index contributed by atoms with van der Waals surface area (Å²) < 4.78 is 5.43. The molecular weight excluding hydrogens is 166 g/mol. The van der Waals surface area contributed by atoms with Crippen LogP contribution in [-0.2, 0) is 4.74 Å². The van der Waals surface area contributed by atoms with Crippen LogP contribution < -0.4 is 0 Å². The zero-order valence-electron chi connectivity index (χ0n) is 8.70. The number of nitrogens with zero attached hydrogens (tertiary/aromatic N) is 1. The fourth-order valence-corrected chi connectivity index (χ4v) is 1.95. The van der Waals surface area contributed by atoms with Crippen molar-refractivity contribution < 1.29 is 9.84 Å². The summed E-state index contributed by atoms with van der Waals surface area (Å²) in [4.78, 5) is 2.31. The minimum absolute atomic E-state index is 0.272. The van der Waals surface area contributed by atoms with Gasteiger partial charge in [-0.2, -0.15) is 0 Å². The first kappa shape index (κ1) is 11.0. The van der Waals surface area contributed by atoms with Crippen molar-refractivity contribution in [3.05, 3.63) is 0 Å². The molecule has 13 heavy (non-hydrogen) atoms.